The number of aromatic nitrogens is 6. The number of fused-ring (bicyclic) bond motifs is 3. The molecule has 0 saturated heterocycles. The maximum absolute atomic E-state index is 8.95. The monoisotopic (exact) mass is 371 g/mol. The Bertz CT molecular complexity index is 1170. The number of rotatable bonds is 4. The number of nitrogens with zero attached hydrogens (tertiary/aromatic N) is 6. The first-order valence-electron chi connectivity index (χ1n) is 9.79. The number of hydrogen-bond acceptors (Lipinski definition) is 5. The van der Waals surface area contributed by atoms with Gasteiger partial charge >= 0.3 is 0 Å². The SMILES string of the molecule is CC[C@@H]1CC(Cc2ccc(C#N)cn2)C[C@@H]1c1nnc2cnc3[nH]ccc3n12. The zero-order valence-corrected chi connectivity index (χ0v) is 15.7. The topological polar surface area (TPSA) is 95.5 Å². The second kappa shape index (κ2) is 6.71. The molecule has 1 N–H and O–H groups in total. The van der Waals surface area contributed by atoms with Gasteiger partial charge in [-0.1, -0.05) is 13.3 Å². The molecule has 1 fully saturated rings. The maximum atomic E-state index is 8.95. The van der Waals surface area contributed by atoms with Gasteiger partial charge in [-0.2, -0.15) is 5.26 Å². The lowest BCUT2D eigenvalue weighted by molar-refractivity contribution is 0.443. The molecule has 4 aromatic heterocycles. The molecule has 0 aromatic carbocycles. The standard InChI is InChI=1S/C21H21N7/c1-2-15-7-14(8-16-4-3-13(10-22)11-24-16)9-17(15)21-27-26-19-12-25-20-18(28(19)21)5-6-23-20/h3-6,11-12,14-15,17,23H,2,7-9H2,1H3/t14?,15-,17+/m1/s1. The third kappa shape index (κ3) is 2.73. The molecule has 3 atom stereocenters. The highest BCUT2D eigenvalue weighted by atomic mass is 15.3. The highest BCUT2D eigenvalue weighted by molar-refractivity contribution is 5.74. The van der Waals surface area contributed by atoms with Crippen molar-refractivity contribution in [1.82, 2.24) is 29.5 Å². The van der Waals surface area contributed by atoms with Crippen LogP contribution in [0.4, 0.5) is 0 Å². The number of H-pyrrole nitrogens is 1. The lowest BCUT2D eigenvalue weighted by Gasteiger charge is -2.16. The Kier molecular flexibility index (Phi) is 4.05. The molecule has 1 aliphatic rings. The minimum Gasteiger partial charge on any atom is -0.345 e. The van der Waals surface area contributed by atoms with E-state index in [9.17, 15) is 0 Å². The Hall–Kier alpha value is -3.27. The summed E-state index contributed by atoms with van der Waals surface area (Å²) in [6.45, 7) is 2.26. The molecule has 0 amide bonds. The first-order chi connectivity index (χ1) is 13.8. The molecule has 7 nitrogen and oxygen atoms in total. The molecule has 0 bridgehead atoms. The summed E-state index contributed by atoms with van der Waals surface area (Å²) in [7, 11) is 0. The van der Waals surface area contributed by atoms with E-state index in [1.54, 1.807) is 12.4 Å². The first-order valence-corrected chi connectivity index (χ1v) is 9.79. The van der Waals surface area contributed by atoms with E-state index >= 15 is 0 Å². The van der Waals surface area contributed by atoms with Gasteiger partial charge in [-0.25, -0.2) is 4.98 Å². The van der Waals surface area contributed by atoms with Crippen molar-refractivity contribution in [2.75, 3.05) is 0 Å². The van der Waals surface area contributed by atoms with Crippen LogP contribution >= 0.6 is 0 Å². The van der Waals surface area contributed by atoms with Crippen LogP contribution < -0.4 is 0 Å². The summed E-state index contributed by atoms with van der Waals surface area (Å²) < 4.78 is 2.16. The van der Waals surface area contributed by atoms with Crippen molar-refractivity contribution in [3.63, 3.8) is 0 Å². The highest BCUT2D eigenvalue weighted by Gasteiger charge is 2.37. The van der Waals surface area contributed by atoms with Crippen LogP contribution in [0.2, 0.25) is 0 Å². The normalized spacial score (nSPS) is 22.1. The van der Waals surface area contributed by atoms with Gasteiger partial charge in [0.25, 0.3) is 0 Å². The van der Waals surface area contributed by atoms with E-state index < -0.39 is 0 Å². The van der Waals surface area contributed by atoms with Crippen molar-refractivity contribution in [3.8, 4) is 6.07 Å². The molecular weight excluding hydrogens is 350 g/mol. The summed E-state index contributed by atoms with van der Waals surface area (Å²) in [6.07, 6.45) is 9.67. The van der Waals surface area contributed by atoms with E-state index in [1.807, 2.05) is 24.4 Å². The maximum Gasteiger partial charge on any atom is 0.179 e. The molecule has 0 aliphatic heterocycles. The average molecular weight is 371 g/mol. The lowest BCUT2D eigenvalue weighted by Crippen LogP contribution is -2.09. The van der Waals surface area contributed by atoms with Crippen LogP contribution in [0.3, 0.4) is 0 Å². The smallest absolute Gasteiger partial charge is 0.179 e. The molecule has 0 spiro atoms. The minimum absolute atomic E-state index is 0.379. The molecule has 140 valence electrons. The van der Waals surface area contributed by atoms with Crippen LogP contribution in [0.5, 0.6) is 0 Å². The largest absolute Gasteiger partial charge is 0.345 e. The summed E-state index contributed by atoms with van der Waals surface area (Å²) >= 11 is 0. The lowest BCUT2D eigenvalue weighted by atomic mass is 9.93. The van der Waals surface area contributed by atoms with E-state index in [2.05, 4.69) is 42.5 Å². The van der Waals surface area contributed by atoms with Crippen LogP contribution in [0.15, 0.2) is 36.8 Å². The molecule has 4 aromatic rings. The average Bonchev–Trinajstić information content (AvgIpc) is 3.45. The fourth-order valence-corrected chi connectivity index (χ4v) is 4.72. The van der Waals surface area contributed by atoms with Gasteiger partial charge in [0.2, 0.25) is 0 Å². The predicted molar refractivity (Wildman–Crippen MR) is 105 cm³/mol. The van der Waals surface area contributed by atoms with Gasteiger partial charge in [0, 0.05) is 24.0 Å². The molecule has 4 heterocycles. The molecular formula is C21H21N7. The third-order valence-corrected chi connectivity index (χ3v) is 6.07. The second-order valence-corrected chi connectivity index (χ2v) is 7.69. The van der Waals surface area contributed by atoms with Crippen molar-refractivity contribution in [2.45, 2.75) is 38.5 Å². The summed E-state index contributed by atoms with van der Waals surface area (Å²) in [5.74, 6) is 2.57. The molecule has 28 heavy (non-hydrogen) atoms. The van der Waals surface area contributed by atoms with Crippen LogP contribution in [-0.2, 0) is 6.42 Å². The van der Waals surface area contributed by atoms with Crippen molar-refractivity contribution >= 4 is 16.8 Å². The summed E-state index contributed by atoms with van der Waals surface area (Å²) in [5.41, 5.74) is 4.36. The Balaban J connectivity index is 1.46. The predicted octanol–water partition coefficient (Wildman–Crippen LogP) is 3.63. The number of pyridine rings is 1. The van der Waals surface area contributed by atoms with Gasteiger partial charge in [0.1, 0.15) is 11.9 Å². The summed E-state index contributed by atoms with van der Waals surface area (Å²) in [4.78, 5) is 12.1. The van der Waals surface area contributed by atoms with Gasteiger partial charge in [-0.05, 0) is 49.3 Å². The molecule has 7 heteroatoms. The van der Waals surface area contributed by atoms with Crippen molar-refractivity contribution < 1.29 is 0 Å². The third-order valence-electron chi connectivity index (χ3n) is 6.07. The van der Waals surface area contributed by atoms with E-state index in [4.69, 9.17) is 5.26 Å². The molecule has 1 unspecified atom stereocenters. The Morgan fingerprint density at radius 3 is 2.89 bits per heavy atom. The van der Waals surface area contributed by atoms with E-state index in [1.165, 1.54) is 6.42 Å². The number of hydrogen-bond donors (Lipinski definition) is 1. The zero-order valence-electron chi connectivity index (χ0n) is 15.7. The summed E-state index contributed by atoms with van der Waals surface area (Å²) in [5, 5.41) is 17.9. The van der Waals surface area contributed by atoms with Crippen LogP contribution in [-0.4, -0.2) is 29.5 Å². The van der Waals surface area contributed by atoms with Crippen LogP contribution in [0.1, 0.15) is 49.2 Å². The second-order valence-electron chi connectivity index (χ2n) is 7.69. The molecule has 5 rings (SSSR count). The van der Waals surface area contributed by atoms with Gasteiger partial charge < -0.3 is 4.98 Å². The Morgan fingerprint density at radius 2 is 2.11 bits per heavy atom. The Labute approximate surface area is 162 Å². The van der Waals surface area contributed by atoms with Gasteiger partial charge in [-0.15, -0.1) is 10.2 Å². The number of nitriles is 1. The minimum atomic E-state index is 0.379. The van der Waals surface area contributed by atoms with E-state index in [0.717, 1.165) is 47.6 Å². The van der Waals surface area contributed by atoms with E-state index in [0.29, 0.717) is 23.3 Å². The highest BCUT2D eigenvalue weighted by Crippen LogP contribution is 2.45. The summed E-state index contributed by atoms with van der Waals surface area (Å²) in [6, 6.07) is 8.00. The quantitative estimate of drug-likeness (QED) is 0.591. The van der Waals surface area contributed by atoms with Crippen LogP contribution in [0.25, 0.3) is 16.8 Å². The van der Waals surface area contributed by atoms with Gasteiger partial charge in [-0.3, -0.25) is 9.38 Å². The first kappa shape index (κ1) is 16.9. The van der Waals surface area contributed by atoms with Crippen molar-refractivity contribution in [2.24, 2.45) is 11.8 Å². The van der Waals surface area contributed by atoms with Crippen molar-refractivity contribution in [1.29, 1.82) is 5.26 Å². The fraction of sp³-hybridized carbons (Fsp3) is 0.381. The zero-order chi connectivity index (χ0) is 19.1. The molecule has 1 saturated carbocycles. The number of nitrogens with one attached hydrogen (secondary N) is 1. The number of aromatic amines is 1. The van der Waals surface area contributed by atoms with Crippen molar-refractivity contribution in [3.05, 3.63) is 53.9 Å². The van der Waals surface area contributed by atoms with Gasteiger partial charge in [0.15, 0.2) is 11.3 Å². The van der Waals surface area contributed by atoms with Crippen LogP contribution in [0, 0.1) is 23.2 Å². The molecule has 1 aliphatic carbocycles. The Morgan fingerprint density at radius 1 is 1.18 bits per heavy atom. The molecule has 0 radical (unpaired) electrons. The van der Waals surface area contributed by atoms with Gasteiger partial charge in [0.05, 0.1) is 17.3 Å². The fourth-order valence-electron chi connectivity index (χ4n) is 4.72. The van der Waals surface area contributed by atoms with E-state index in [-0.39, 0.29) is 0 Å².